The number of halogens is 1. The number of ketones is 1. The number of benzene rings is 1. The van der Waals surface area contributed by atoms with Crippen LogP contribution in [0.4, 0.5) is 4.39 Å². The molecule has 2 saturated carbocycles. The fraction of sp³-hybridized carbons (Fsp3) is 0.700. The lowest BCUT2D eigenvalue weighted by atomic mass is 9.75. The van der Waals surface area contributed by atoms with Gasteiger partial charge in [0.25, 0.3) is 0 Å². The first-order valence-corrected chi connectivity index (χ1v) is 14.5. The lowest BCUT2D eigenvalue weighted by Crippen LogP contribution is -2.48. The summed E-state index contributed by atoms with van der Waals surface area (Å²) >= 11 is 0. The van der Waals surface area contributed by atoms with Gasteiger partial charge in [-0.15, -0.1) is 0 Å². The third-order valence-electron chi connectivity index (χ3n) is 9.67. The van der Waals surface area contributed by atoms with Gasteiger partial charge in [0.15, 0.2) is 11.9 Å². The van der Waals surface area contributed by atoms with E-state index in [1.807, 2.05) is 17.0 Å². The first kappa shape index (κ1) is 27.1. The monoisotopic (exact) mass is 528 g/mol. The van der Waals surface area contributed by atoms with Gasteiger partial charge in [0.05, 0.1) is 6.04 Å². The van der Waals surface area contributed by atoms with Crippen LogP contribution in [0.25, 0.3) is 0 Å². The van der Waals surface area contributed by atoms with Crippen molar-refractivity contribution in [3.8, 4) is 5.75 Å². The average molecular weight is 529 g/mol. The minimum absolute atomic E-state index is 0.0770. The molecule has 0 bridgehead atoms. The summed E-state index contributed by atoms with van der Waals surface area (Å²) in [5.41, 5.74) is 7.58. The number of nitrogens with two attached hydrogens (primary N) is 1. The largest absolute Gasteiger partial charge is 0.478 e. The van der Waals surface area contributed by atoms with Crippen LogP contribution in [0, 0.1) is 23.7 Å². The van der Waals surface area contributed by atoms with Crippen LogP contribution in [-0.4, -0.2) is 59.1 Å². The number of hydrogen-bond donors (Lipinski definition) is 2. The second kappa shape index (κ2) is 11.7. The normalized spacial score (nSPS) is 30.5. The molecule has 2 aliphatic carbocycles. The number of aliphatic carboxylic acids is 1. The number of rotatable bonds is 8. The maximum absolute atomic E-state index is 13.9. The molecule has 3 N–H and O–H groups in total. The summed E-state index contributed by atoms with van der Waals surface area (Å²) < 4.78 is 18.6. The van der Waals surface area contributed by atoms with E-state index in [0.717, 1.165) is 43.2 Å². The number of carboxylic acid groups (broad SMARTS) is 1. The molecule has 1 unspecified atom stereocenters. The van der Waals surface area contributed by atoms with E-state index in [2.05, 4.69) is 0 Å². The number of hydrogen-bond acceptors (Lipinski definition) is 5. The molecule has 38 heavy (non-hydrogen) atoms. The summed E-state index contributed by atoms with van der Waals surface area (Å²) in [6.45, 7) is 0.0967. The number of fused-ring (bicyclic) bond motifs is 1. The van der Waals surface area contributed by atoms with Gasteiger partial charge in [0.1, 0.15) is 12.4 Å². The Morgan fingerprint density at radius 2 is 1.79 bits per heavy atom. The molecular formula is C30H41FN2O5. The molecule has 7 nitrogen and oxygen atoms in total. The zero-order chi connectivity index (χ0) is 26.8. The van der Waals surface area contributed by atoms with Gasteiger partial charge < -0.3 is 20.5 Å². The van der Waals surface area contributed by atoms with Crippen LogP contribution >= 0.6 is 0 Å². The standard InChI is InChI=1S/C30H41FN2O5/c31-17-24(32)20-7-9-21(10-8-20)29(35)33-13-12-23(19-4-2-1-3-5-19)28(33)25(34)15-18-6-11-26-22(14-18)16-27(38-26)30(36)37/h6,11,14,19-21,23-24,27-28H,1-5,7-10,12-13,15-17,32H2,(H,36,37)/t20?,21?,23-,24+,27?,28-/m0/s1. The molecule has 3 fully saturated rings. The quantitative estimate of drug-likeness (QED) is 0.526. The summed E-state index contributed by atoms with van der Waals surface area (Å²) in [5, 5.41) is 9.30. The molecule has 1 aromatic carbocycles. The second-order valence-electron chi connectivity index (χ2n) is 12.0. The highest BCUT2D eigenvalue weighted by Crippen LogP contribution is 2.41. The Balaban J connectivity index is 1.31. The fourth-order valence-corrected chi connectivity index (χ4v) is 7.54. The van der Waals surface area contributed by atoms with E-state index < -0.39 is 30.8 Å². The van der Waals surface area contributed by atoms with Crippen molar-refractivity contribution >= 4 is 17.7 Å². The molecule has 2 heterocycles. The maximum Gasteiger partial charge on any atom is 0.345 e. The highest BCUT2D eigenvalue weighted by molar-refractivity contribution is 5.92. The Morgan fingerprint density at radius 1 is 1.05 bits per heavy atom. The van der Waals surface area contributed by atoms with E-state index >= 15 is 0 Å². The van der Waals surface area contributed by atoms with Crippen LogP contribution in [0.5, 0.6) is 5.75 Å². The molecule has 1 amide bonds. The smallest absolute Gasteiger partial charge is 0.345 e. The second-order valence-corrected chi connectivity index (χ2v) is 12.0. The molecule has 4 atom stereocenters. The summed E-state index contributed by atoms with van der Waals surface area (Å²) in [7, 11) is 0. The number of likely N-dealkylation sites (tertiary alicyclic amines) is 1. The summed E-state index contributed by atoms with van der Waals surface area (Å²) in [6.07, 6.45) is 9.28. The molecule has 8 heteroatoms. The highest BCUT2D eigenvalue weighted by Gasteiger charge is 2.46. The lowest BCUT2D eigenvalue weighted by Gasteiger charge is -2.37. The Hall–Kier alpha value is -2.48. The summed E-state index contributed by atoms with van der Waals surface area (Å²) in [6, 6.07) is 4.63. The zero-order valence-corrected chi connectivity index (χ0v) is 22.2. The van der Waals surface area contributed by atoms with Crippen LogP contribution in [-0.2, 0) is 27.2 Å². The highest BCUT2D eigenvalue weighted by atomic mass is 19.1. The van der Waals surface area contributed by atoms with E-state index in [4.69, 9.17) is 10.5 Å². The molecule has 1 saturated heterocycles. The van der Waals surface area contributed by atoms with Crippen molar-refractivity contribution in [2.75, 3.05) is 13.2 Å². The predicted molar refractivity (Wildman–Crippen MR) is 140 cm³/mol. The lowest BCUT2D eigenvalue weighted by molar-refractivity contribution is -0.144. The molecule has 1 aromatic rings. The van der Waals surface area contributed by atoms with Crippen molar-refractivity contribution < 1.29 is 28.6 Å². The molecule has 4 aliphatic rings. The number of ether oxygens (including phenoxy) is 1. The Kier molecular flexibility index (Phi) is 8.36. The molecule has 0 aromatic heterocycles. The molecule has 0 spiro atoms. The third-order valence-corrected chi connectivity index (χ3v) is 9.67. The van der Waals surface area contributed by atoms with Crippen molar-refractivity contribution in [2.45, 2.75) is 95.2 Å². The van der Waals surface area contributed by atoms with Crippen molar-refractivity contribution in [1.29, 1.82) is 0 Å². The molecule has 0 radical (unpaired) electrons. The van der Waals surface area contributed by atoms with Gasteiger partial charge in [-0.3, -0.25) is 9.59 Å². The topological polar surface area (TPSA) is 110 Å². The van der Waals surface area contributed by atoms with Crippen molar-refractivity contribution in [3.05, 3.63) is 29.3 Å². The third kappa shape index (κ3) is 5.61. The minimum Gasteiger partial charge on any atom is -0.478 e. The summed E-state index contributed by atoms with van der Waals surface area (Å²) in [5.74, 6) is 0.400. The van der Waals surface area contributed by atoms with Gasteiger partial charge in [-0.1, -0.05) is 44.2 Å². The van der Waals surface area contributed by atoms with Gasteiger partial charge in [0, 0.05) is 31.3 Å². The van der Waals surface area contributed by atoms with Crippen molar-refractivity contribution in [2.24, 2.45) is 29.4 Å². The van der Waals surface area contributed by atoms with E-state index in [1.165, 1.54) is 19.3 Å². The van der Waals surface area contributed by atoms with Crippen LogP contribution in [0.15, 0.2) is 18.2 Å². The molecular weight excluding hydrogens is 487 g/mol. The molecule has 208 valence electrons. The minimum atomic E-state index is -0.991. The van der Waals surface area contributed by atoms with Gasteiger partial charge in [-0.05, 0) is 67.1 Å². The van der Waals surface area contributed by atoms with Gasteiger partial charge in [-0.25, -0.2) is 9.18 Å². The van der Waals surface area contributed by atoms with E-state index in [0.29, 0.717) is 37.5 Å². The molecule has 5 rings (SSSR count). The van der Waals surface area contributed by atoms with Crippen LogP contribution in [0.3, 0.4) is 0 Å². The van der Waals surface area contributed by atoms with Crippen molar-refractivity contribution in [3.63, 3.8) is 0 Å². The average Bonchev–Trinajstić information content (AvgIpc) is 3.58. The number of carbonyl (C=O) groups excluding carboxylic acids is 2. The van der Waals surface area contributed by atoms with E-state index in [9.17, 15) is 23.9 Å². The molecule has 2 aliphatic heterocycles. The van der Waals surface area contributed by atoms with Crippen LogP contribution in [0.1, 0.15) is 75.3 Å². The van der Waals surface area contributed by atoms with Gasteiger partial charge >= 0.3 is 5.97 Å². The number of carboxylic acids is 1. The fourth-order valence-electron chi connectivity index (χ4n) is 7.54. The van der Waals surface area contributed by atoms with Crippen LogP contribution in [0.2, 0.25) is 0 Å². The number of alkyl halides is 1. The Morgan fingerprint density at radius 3 is 2.47 bits per heavy atom. The Bertz CT molecular complexity index is 1030. The Labute approximate surface area is 224 Å². The number of amides is 1. The predicted octanol–water partition coefficient (Wildman–Crippen LogP) is 4.09. The first-order chi connectivity index (χ1) is 18.4. The number of Topliss-reactive ketones (excluding diaryl/α,β-unsaturated/α-hetero) is 1. The number of nitrogens with zero attached hydrogens (tertiary/aromatic N) is 1. The summed E-state index contributed by atoms with van der Waals surface area (Å²) in [4.78, 5) is 41.0. The van der Waals surface area contributed by atoms with E-state index in [-0.39, 0.29) is 35.9 Å². The van der Waals surface area contributed by atoms with Crippen LogP contribution < -0.4 is 10.5 Å². The van der Waals surface area contributed by atoms with E-state index in [1.54, 1.807) is 6.07 Å². The SMILES string of the molecule is N[C@H](CF)C1CCC(C(=O)N2CC[C@@H](C3CCCCC3)[C@H]2C(=O)Cc2ccc3c(c2)CC(C(=O)O)O3)CC1. The maximum atomic E-state index is 13.9. The first-order valence-electron chi connectivity index (χ1n) is 14.5. The van der Waals surface area contributed by atoms with Gasteiger partial charge in [0.2, 0.25) is 5.91 Å². The zero-order valence-electron chi connectivity index (χ0n) is 22.2. The number of carbonyl (C=O) groups is 3. The van der Waals surface area contributed by atoms with Crippen molar-refractivity contribution in [1.82, 2.24) is 4.90 Å². The van der Waals surface area contributed by atoms with Gasteiger partial charge in [-0.2, -0.15) is 0 Å².